The van der Waals surface area contributed by atoms with Crippen LogP contribution in [0.3, 0.4) is 0 Å². The summed E-state index contributed by atoms with van der Waals surface area (Å²) in [5, 5.41) is 0. The normalized spacial score (nSPS) is 9.86. The van der Waals surface area contributed by atoms with Crippen molar-refractivity contribution in [3.05, 3.63) is 30.3 Å². The molecule has 0 unspecified atom stereocenters. The highest BCUT2D eigenvalue weighted by Crippen LogP contribution is 2.10. The summed E-state index contributed by atoms with van der Waals surface area (Å²) in [5.74, 6) is 0.749. The molecule has 0 N–H and O–H groups in total. The molecule has 14 heavy (non-hydrogen) atoms. The van der Waals surface area contributed by atoms with E-state index in [0.29, 0.717) is 13.2 Å². The molecule has 0 heterocycles. The first-order valence-corrected chi connectivity index (χ1v) is 4.81. The molecule has 0 radical (unpaired) electrons. The highest BCUT2D eigenvalue weighted by atomic mass is 16.7. The monoisotopic (exact) mass is 194 g/mol. The molecule has 0 fully saturated rings. The van der Waals surface area contributed by atoms with Crippen LogP contribution >= 0.6 is 0 Å². The van der Waals surface area contributed by atoms with Gasteiger partial charge >= 0.3 is 7.32 Å². The smallest absolute Gasteiger partial charge is 0.512 e. The van der Waals surface area contributed by atoms with Gasteiger partial charge in [-0.25, -0.2) is 0 Å². The molecule has 0 amide bonds. The molecule has 0 aliphatic heterocycles. The standard InChI is InChI=1S/C10H15BO3/c1-3-12-11(13-4-2)14-10-8-6-5-7-9-10/h5-9H,3-4H2,1-2H3. The second-order valence-corrected chi connectivity index (χ2v) is 2.63. The van der Waals surface area contributed by atoms with Gasteiger partial charge in [0.15, 0.2) is 0 Å². The third-order valence-electron chi connectivity index (χ3n) is 1.58. The Balaban J connectivity index is 2.46. The average Bonchev–Trinajstić information content (AvgIpc) is 2.20. The van der Waals surface area contributed by atoms with Crippen molar-refractivity contribution < 1.29 is 14.0 Å². The summed E-state index contributed by atoms with van der Waals surface area (Å²) < 4.78 is 15.9. The van der Waals surface area contributed by atoms with Crippen LogP contribution in [0.5, 0.6) is 5.75 Å². The van der Waals surface area contributed by atoms with Crippen molar-refractivity contribution in [2.75, 3.05) is 13.2 Å². The van der Waals surface area contributed by atoms with E-state index >= 15 is 0 Å². The molecule has 0 saturated carbocycles. The Labute approximate surface area is 85.2 Å². The Morgan fingerprint density at radius 2 is 1.57 bits per heavy atom. The summed E-state index contributed by atoms with van der Waals surface area (Å²) in [7, 11) is -0.604. The van der Waals surface area contributed by atoms with Crippen LogP contribution in [0.4, 0.5) is 0 Å². The molecule has 1 aromatic carbocycles. The predicted molar refractivity (Wildman–Crippen MR) is 56.1 cm³/mol. The van der Waals surface area contributed by atoms with Crippen LogP contribution < -0.4 is 4.65 Å². The van der Waals surface area contributed by atoms with Crippen LogP contribution in [0, 0.1) is 0 Å². The number of para-hydroxylation sites is 1. The minimum atomic E-state index is -0.604. The van der Waals surface area contributed by atoms with E-state index in [0.717, 1.165) is 5.75 Å². The number of hydrogen-bond donors (Lipinski definition) is 0. The van der Waals surface area contributed by atoms with Gasteiger partial charge in [-0.2, -0.15) is 0 Å². The number of rotatable bonds is 6. The zero-order valence-corrected chi connectivity index (χ0v) is 8.60. The largest absolute Gasteiger partial charge is 0.713 e. The molecule has 0 bridgehead atoms. The molecule has 1 rings (SSSR count). The lowest BCUT2D eigenvalue weighted by atomic mass is 10.2. The number of hydrogen-bond acceptors (Lipinski definition) is 3. The summed E-state index contributed by atoms with van der Waals surface area (Å²) in [6, 6.07) is 9.48. The Kier molecular flexibility index (Phi) is 5.11. The van der Waals surface area contributed by atoms with E-state index in [1.54, 1.807) is 0 Å². The first kappa shape index (κ1) is 11.1. The lowest BCUT2D eigenvalue weighted by Gasteiger charge is -2.12. The molecule has 0 saturated heterocycles. The SMILES string of the molecule is CCOB(OCC)Oc1ccccc1. The fourth-order valence-electron chi connectivity index (χ4n) is 0.998. The molecule has 0 atom stereocenters. The van der Waals surface area contributed by atoms with Crippen molar-refractivity contribution in [3.8, 4) is 5.75 Å². The van der Waals surface area contributed by atoms with Crippen molar-refractivity contribution in [1.29, 1.82) is 0 Å². The zero-order valence-electron chi connectivity index (χ0n) is 8.60. The molecule has 0 aliphatic carbocycles. The first-order chi connectivity index (χ1) is 6.86. The molecule has 0 aromatic heterocycles. The Bertz CT molecular complexity index is 234. The zero-order chi connectivity index (χ0) is 10.2. The van der Waals surface area contributed by atoms with E-state index in [1.165, 1.54) is 0 Å². The van der Waals surface area contributed by atoms with Crippen LogP contribution in [0.2, 0.25) is 0 Å². The predicted octanol–water partition coefficient (Wildman–Crippen LogP) is 2.12. The maximum Gasteiger partial charge on any atom is 0.713 e. The van der Waals surface area contributed by atoms with Crippen LogP contribution in [0.25, 0.3) is 0 Å². The molecule has 4 heteroatoms. The minimum Gasteiger partial charge on any atom is -0.512 e. The second kappa shape index (κ2) is 6.46. The van der Waals surface area contributed by atoms with Gasteiger partial charge in [0.1, 0.15) is 5.75 Å². The second-order valence-electron chi connectivity index (χ2n) is 2.63. The van der Waals surface area contributed by atoms with Gasteiger partial charge in [0.2, 0.25) is 0 Å². The number of benzene rings is 1. The van der Waals surface area contributed by atoms with Crippen LogP contribution in [-0.2, 0) is 9.31 Å². The van der Waals surface area contributed by atoms with Gasteiger partial charge in [-0.3, -0.25) is 0 Å². The molecular weight excluding hydrogens is 179 g/mol. The van der Waals surface area contributed by atoms with Gasteiger partial charge in [-0.05, 0) is 26.0 Å². The van der Waals surface area contributed by atoms with E-state index in [-0.39, 0.29) is 0 Å². The van der Waals surface area contributed by atoms with E-state index < -0.39 is 7.32 Å². The summed E-state index contributed by atoms with van der Waals surface area (Å²) in [6.45, 7) is 4.94. The maximum absolute atomic E-state index is 5.45. The lowest BCUT2D eigenvalue weighted by Crippen LogP contribution is -2.30. The Morgan fingerprint density at radius 3 is 2.07 bits per heavy atom. The van der Waals surface area contributed by atoms with Crippen molar-refractivity contribution in [3.63, 3.8) is 0 Å². The average molecular weight is 194 g/mol. The molecule has 0 aliphatic rings. The van der Waals surface area contributed by atoms with Gasteiger partial charge in [0.25, 0.3) is 0 Å². The van der Waals surface area contributed by atoms with E-state index in [1.807, 2.05) is 44.2 Å². The van der Waals surface area contributed by atoms with E-state index in [4.69, 9.17) is 14.0 Å². The van der Waals surface area contributed by atoms with E-state index in [2.05, 4.69) is 0 Å². The van der Waals surface area contributed by atoms with Crippen LogP contribution in [0.1, 0.15) is 13.8 Å². The topological polar surface area (TPSA) is 27.7 Å². The minimum absolute atomic E-state index is 0.567. The van der Waals surface area contributed by atoms with Crippen LogP contribution in [0.15, 0.2) is 30.3 Å². The quantitative estimate of drug-likeness (QED) is 0.649. The summed E-state index contributed by atoms with van der Waals surface area (Å²) in [6.07, 6.45) is 0. The third-order valence-corrected chi connectivity index (χ3v) is 1.58. The summed E-state index contributed by atoms with van der Waals surface area (Å²) in [5.41, 5.74) is 0. The maximum atomic E-state index is 5.45. The highest BCUT2D eigenvalue weighted by molar-refractivity contribution is 6.37. The Morgan fingerprint density at radius 1 is 1.00 bits per heavy atom. The molecule has 1 aromatic rings. The lowest BCUT2D eigenvalue weighted by molar-refractivity contribution is 0.153. The van der Waals surface area contributed by atoms with E-state index in [9.17, 15) is 0 Å². The first-order valence-electron chi connectivity index (χ1n) is 4.81. The van der Waals surface area contributed by atoms with Gasteiger partial charge < -0.3 is 14.0 Å². The molecule has 3 nitrogen and oxygen atoms in total. The van der Waals surface area contributed by atoms with Crippen molar-refractivity contribution in [2.24, 2.45) is 0 Å². The fraction of sp³-hybridized carbons (Fsp3) is 0.400. The summed E-state index contributed by atoms with van der Waals surface area (Å²) in [4.78, 5) is 0. The Hall–Kier alpha value is -0.995. The molecule has 0 spiro atoms. The van der Waals surface area contributed by atoms with Gasteiger partial charge in [-0.15, -0.1) is 0 Å². The third kappa shape index (κ3) is 3.81. The van der Waals surface area contributed by atoms with Gasteiger partial charge in [0.05, 0.1) is 0 Å². The van der Waals surface area contributed by atoms with Gasteiger partial charge in [-0.1, -0.05) is 18.2 Å². The van der Waals surface area contributed by atoms with Crippen LogP contribution in [-0.4, -0.2) is 20.5 Å². The van der Waals surface area contributed by atoms with Gasteiger partial charge in [0, 0.05) is 13.2 Å². The summed E-state index contributed by atoms with van der Waals surface area (Å²) >= 11 is 0. The fourth-order valence-corrected chi connectivity index (χ4v) is 0.998. The molecule has 76 valence electrons. The highest BCUT2D eigenvalue weighted by Gasteiger charge is 2.21. The van der Waals surface area contributed by atoms with Crippen molar-refractivity contribution in [1.82, 2.24) is 0 Å². The molecular formula is C10H15BO3. The van der Waals surface area contributed by atoms with Crippen molar-refractivity contribution >= 4 is 7.32 Å². The van der Waals surface area contributed by atoms with Crippen molar-refractivity contribution in [2.45, 2.75) is 13.8 Å².